The molecule has 3 rings (SSSR count). The number of methoxy groups -OCH3 is 2. The van der Waals surface area contributed by atoms with E-state index in [4.69, 9.17) is 9.47 Å². The van der Waals surface area contributed by atoms with E-state index in [2.05, 4.69) is 10.3 Å². The van der Waals surface area contributed by atoms with Crippen LogP contribution in [0.5, 0.6) is 11.5 Å². The third kappa shape index (κ3) is 3.27. The van der Waals surface area contributed by atoms with E-state index in [-0.39, 0.29) is 17.4 Å². The summed E-state index contributed by atoms with van der Waals surface area (Å²) < 4.78 is 23.7. The number of benzene rings is 2. The molecule has 1 N–H and O–H groups in total. The Balaban J connectivity index is 1.97. The van der Waals surface area contributed by atoms with Gasteiger partial charge in [-0.3, -0.25) is 4.79 Å². The van der Waals surface area contributed by atoms with Crippen molar-refractivity contribution in [3.63, 3.8) is 0 Å². The quantitative estimate of drug-likeness (QED) is 0.879. The van der Waals surface area contributed by atoms with Gasteiger partial charge in [0.25, 0.3) is 5.91 Å². The number of rotatable bonds is 4. The molecule has 6 heteroatoms. The number of hydrogen-bond acceptors (Lipinski definition) is 4. The Morgan fingerprint density at radius 2 is 1.79 bits per heavy atom. The molecule has 0 atom stereocenters. The van der Waals surface area contributed by atoms with E-state index in [0.29, 0.717) is 28.5 Å². The molecule has 5 nitrogen and oxygen atoms in total. The molecule has 0 saturated carbocycles. The minimum atomic E-state index is -0.371. The summed E-state index contributed by atoms with van der Waals surface area (Å²) in [5, 5.41) is 2.70. The molecule has 1 amide bonds. The number of aliphatic imine (C=N–C) groups is 1. The number of hydrogen-bond donors (Lipinski definition) is 1. The van der Waals surface area contributed by atoms with Crippen LogP contribution in [0.3, 0.4) is 0 Å². The first-order chi connectivity index (χ1) is 11.6. The maximum atomic E-state index is 13.3. The van der Waals surface area contributed by atoms with Crippen molar-refractivity contribution in [1.29, 1.82) is 0 Å². The van der Waals surface area contributed by atoms with Gasteiger partial charge in [0.2, 0.25) is 0 Å². The minimum absolute atomic E-state index is 0.206. The lowest BCUT2D eigenvalue weighted by molar-refractivity contribution is -0.115. The van der Waals surface area contributed by atoms with E-state index in [0.717, 1.165) is 0 Å². The maximum Gasteiger partial charge on any atom is 0.275 e. The first-order valence-corrected chi connectivity index (χ1v) is 7.20. The van der Waals surface area contributed by atoms with Crippen LogP contribution in [0.4, 0.5) is 4.39 Å². The van der Waals surface area contributed by atoms with Crippen LogP contribution in [0.1, 0.15) is 11.1 Å². The molecule has 0 fully saturated rings. The maximum absolute atomic E-state index is 13.3. The van der Waals surface area contributed by atoms with Gasteiger partial charge in [-0.25, -0.2) is 9.38 Å². The number of nitrogens with one attached hydrogen (secondary N) is 1. The second-order valence-corrected chi connectivity index (χ2v) is 5.10. The van der Waals surface area contributed by atoms with Crippen LogP contribution in [0.2, 0.25) is 0 Å². The van der Waals surface area contributed by atoms with Gasteiger partial charge in [0, 0.05) is 11.6 Å². The van der Waals surface area contributed by atoms with Crippen molar-refractivity contribution >= 4 is 17.8 Å². The number of ether oxygens (including phenoxy) is 2. The smallest absolute Gasteiger partial charge is 0.275 e. The average Bonchev–Trinajstić information content (AvgIpc) is 2.95. The molecule has 1 heterocycles. The van der Waals surface area contributed by atoms with Crippen LogP contribution < -0.4 is 14.8 Å². The van der Waals surface area contributed by atoms with Gasteiger partial charge in [0.1, 0.15) is 28.8 Å². The fourth-order valence-electron chi connectivity index (χ4n) is 2.30. The summed E-state index contributed by atoms with van der Waals surface area (Å²) in [7, 11) is 3.09. The highest BCUT2D eigenvalue weighted by atomic mass is 19.1. The highest BCUT2D eigenvalue weighted by Crippen LogP contribution is 2.24. The molecule has 0 aliphatic carbocycles. The molecular weight excluding hydrogens is 311 g/mol. The number of carbonyl (C=O) groups is 1. The molecule has 0 radical (unpaired) electrons. The van der Waals surface area contributed by atoms with Gasteiger partial charge in [-0.05, 0) is 35.9 Å². The van der Waals surface area contributed by atoms with Crippen LogP contribution >= 0.6 is 0 Å². The predicted octanol–water partition coefficient (Wildman–Crippen LogP) is 2.76. The van der Waals surface area contributed by atoms with Crippen LogP contribution in [-0.4, -0.2) is 26.0 Å². The van der Waals surface area contributed by atoms with Gasteiger partial charge in [0.15, 0.2) is 0 Å². The first kappa shape index (κ1) is 15.7. The molecule has 0 bridgehead atoms. The normalized spacial score (nSPS) is 15.2. The van der Waals surface area contributed by atoms with Gasteiger partial charge in [-0.15, -0.1) is 0 Å². The monoisotopic (exact) mass is 326 g/mol. The van der Waals surface area contributed by atoms with Crippen LogP contribution in [0.25, 0.3) is 6.08 Å². The Morgan fingerprint density at radius 3 is 2.42 bits per heavy atom. The average molecular weight is 326 g/mol. The zero-order valence-electron chi connectivity index (χ0n) is 13.2. The largest absolute Gasteiger partial charge is 0.497 e. The number of amidine groups is 1. The number of carbonyl (C=O) groups excluding carboxylic acids is 1. The fraction of sp³-hybridized carbons (Fsp3) is 0.111. The Labute approximate surface area is 138 Å². The van der Waals surface area contributed by atoms with Crippen LogP contribution in [0, 0.1) is 5.82 Å². The lowest BCUT2D eigenvalue weighted by Gasteiger charge is -2.08. The summed E-state index contributed by atoms with van der Waals surface area (Å²) in [5.74, 6) is 0.841. The highest BCUT2D eigenvalue weighted by molar-refractivity contribution is 6.20. The van der Waals surface area contributed by atoms with E-state index in [1.165, 1.54) is 18.2 Å². The summed E-state index contributed by atoms with van der Waals surface area (Å²) >= 11 is 0. The predicted molar refractivity (Wildman–Crippen MR) is 88.6 cm³/mol. The van der Waals surface area contributed by atoms with Gasteiger partial charge in [-0.1, -0.05) is 12.1 Å². The number of halogens is 1. The van der Waals surface area contributed by atoms with Crippen molar-refractivity contribution in [2.45, 2.75) is 0 Å². The van der Waals surface area contributed by atoms with Crippen molar-refractivity contribution in [2.75, 3.05) is 14.2 Å². The standard InChI is InChI=1S/C18H15FN2O3/c1-23-14-8-12(9-15(10-14)24-2)17-20-16(18(22)21-17)7-11-4-3-5-13(19)6-11/h3-10H,1-2H3,(H,20,21,22)/b16-7+. The Morgan fingerprint density at radius 1 is 1.08 bits per heavy atom. The molecule has 122 valence electrons. The lowest BCUT2D eigenvalue weighted by Crippen LogP contribution is -2.24. The number of amides is 1. The van der Waals surface area contributed by atoms with Crippen molar-refractivity contribution in [3.05, 3.63) is 65.1 Å². The second-order valence-electron chi connectivity index (χ2n) is 5.10. The Bertz CT molecular complexity index is 837. The summed E-state index contributed by atoms with van der Waals surface area (Å²) in [6.45, 7) is 0. The summed E-state index contributed by atoms with van der Waals surface area (Å²) in [5.41, 5.74) is 1.42. The van der Waals surface area contributed by atoms with E-state index in [1.807, 2.05) is 0 Å². The molecule has 1 aliphatic heterocycles. The Hall–Kier alpha value is -3.15. The third-order valence-electron chi connectivity index (χ3n) is 3.47. The molecule has 0 unspecified atom stereocenters. The molecule has 1 aliphatic rings. The fourth-order valence-corrected chi connectivity index (χ4v) is 2.30. The van der Waals surface area contributed by atoms with Crippen molar-refractivity contribution < 1.29 is 18.7 Å². The summed E-state index contributed by atoms with van der Waals surface area (Å²) in [6, 6.07) is 11.2. The minimum Gasteiger partial charge on any atom is -0.497 e. The van der Waals surface area contributed by atoms with Crippen molar-refractivity contribution in [2.24, 2.45) is 4.99 Å². The molecular formula is C18H15FN2O3. The van der Waals surface area contributed by atoms with E-state index >= 15 is 0 Å². The van der Waals surface area contributed by atoms with Crippen LogP contribution in [-0.2, 0) is 4.79 Å². The molecule has 0 aromatic heterocycles. The third-order valence-corrected chi connectivity index (χ3v) is 3.47. The topological polar surface area (TPSA) is 59.9 Å². The van der Waals surface area contributed by atoms with E-state index in [9.17, 15) is 9.18 Å². The van der Waals surface area contributed by atoms with Crippen molar-refractivity contribution in [1.82, 2.24) is 5.32 Å². The van der Waals surface area contributed by atoms with Crippen LogP contribution in [0.15, 0.2) is 53.2 Å². The second kappa shape index (κ2) is 6.54. The summed E-state index contributed by atoms with van der Waals surface area (Å²) in [6.07, 6.45) is 1.53. The SMILES string of the molecule is COc1cc(OC)cc(C2=N/C(=C/c3cccc(F)c3)C(=O)N2)c1. The van der Waals surface area contributed by atoms with Gasteiger partial charge in [-0.2, -0.15) is 0 Å². The molecule has 0 saturated heterocycles. The van der Waals surface area contributed by atoms with E-state index < -0.39 is 0 Å². The molecule has 24 heavy (non-hydrogen) atoms. The van der Waals surface area contributed by atoms with Gasteiger partial charge < -0.3 is 14.8 Å². The molecule has 2 aromatic carbocycles. The first-order valence-electron chi connectivity index (χ1n) is 7.20. The van der Waals surface area contributed by atoms with E-state index in [1.54, 1.807) is 44.6 Å². The molecule has 2 aromatic rings. The number of nitrogens with zero attached hydrogens (tertiary/aromatic N) is 1. The van der Waals surface area contributed by atoms with Gasteiger partial charge in [0.05, 0.1) is 14.2 Å². The highest BCUT2D eigenvalue weighted by Gasteiger charge is 2.22. The summed E-state index contributed by atoms with van der Waals surface area (Å²) in [4.78, 5) is 16.4. The molecule has 0 spiro atoms. The zero-order chi connectivity index (χ0) is 17.1. The van der Waals surface area contributed by atoms with Crippen molar-refractivity contribution in [3.8, 4) is 11.5 Å². The van der Waals surface area contributed by atoms with Gasteiger partial charge >= 0.3 is 0 Å². The lowest BCUT2D eigenvalue weighted by atomic mass is 10.2. The Kier molecular flexibility index (Phi) is 4.29. The zero-order valence-corrected chi connectivity index (χ0v) is 13.2.